The Hall–Kier alpha value is -1.62. The molecule has 132 valence electrons. The monoisotopic (exact) mass is 335 g/mol. The van der Waals surface area contributed by atoms with Gasteiger partial charge in [-0.25, -0.2) is 4.39 Å². The Morgan fingerprint density at radius 3 is 2.83 bits per heavy atom. The number of carbonyl (C=O) groups is 1. The van der Waals surface area contributed by atoms with Gasteiger partial charge in [0.25, 0.3) is 0 Å². The van der Waals surface area contributed by atoms with Crippen molar-refractivity contribution in [3.8, 4) is 5.75 Å². The summed E-state index contributed by atoms with van der Waals surface area (Å²) in [6.07, 6.45) is 5.77. The number of ether oxygens (including phenoxy) is 1. The number of methoxy groups -OCH3 is 1. The lowest BCUT2D eigenvalue weighted by molar-refractivity contribution is -0.133. The molecule has 1 aromatic carbocycles. The lowest BCUT2D eigenvalue weighted by Gasteiger charge is -2.37. The molecular weight excluding hydrogens is 309 g/mol. The summed E-state index contributed by atoms with van der Waals surface area (Å²) in [4.78, 5) is 14.7. The fraction of sp³-hybridized carbons (Fsp3) is 0.632. The third-order valence-corrected chi connectivity index (χ3v) is 5.48. The minimum Gasteiger partial charge on any atom is -0.496 e. The van der Waals surface area contributed by atoms with E-state index in [0.29, 0.717) is 11.3 Å². The molecule has 1 saturated heterocycles. The van der Waals surface area contributed by atoms with Crippen LogP contribution in [-0.4, -0.2) is 41.7 Å². The third kappa shape index (κ3) is 3.56. The number of benzene rings is 1. The highest BCUT2D eigenvalue weighted by molar-refractivity contribution is 5.80. The lowest BCUT2D eigenvalue weighted by Crippen LogP contribution is -2.45. The number of amides is 1. The predicted molar refractivity (Wildman–Crippen MR) is 89.4 cm³/mol. The topological polar surface area (TPSA) is 49.8 Å². The average molecular weight is 335 g/mol. The second-order valence-corrected chi connectivity index (χ2v) is 6.95. The van der Waals surface area contributed by atoms with Crippen LogP contribution in [0.15, 0.2) is 18.2 Å². The van der Waals surface area contributed by atoms with Gasteiger partial charge in [0.1, 0.15) is 11.6 Å². The maximum atomic E-state index is 13.5. The molecule has 3 rings (SSSR count). The molecule has 2 fully saturated rings. The summed E-state index contributed by atoms with van der Waals surface area (Å²) in [5.74, 6) is 0.358. The molecule has 0 radical (unpaired) electrons. The van der Waals surface area contributed by atoms with Crippen molar-refractivity contribution in [2.45, 2.75) is 57.1 Å². The Bertz CT molecular complexity index is 592. The number of carbonyl (C=O) groups excluding carboxylic acids is 1. The van der Waals surface area contributed by atoms with E-state index in [1.807, 2.05) is 4.90 Å². The minimum atomic E-state index is -0.362. The summed E-state index contributed by atoms with van der Waals surface area (Å²) < 4.78 is 18.8. The number of nitrogens with zero attached hydrogens (tertiary/aromatic N) is 1. The molecule has 3 atom stereocenters. The van der Waals surface area contributed by atoms with E-state index in [1.165, 1.54) is 19.2 Å². The first-order chi connectivity index (χ1) is 11.6. The van der Waals surface area contributed by atoms with E-state index in [-0.39, 0.29) is 36.2 Å². The van der Waals surface area contributed by atoms with Gasteiger partial charge in [-0.3, -0.25) is 4.79 Å². The summed E-state index contributed by atoms with van der Waals surface area (Å²) in [5.41, 5.74) is 0.581. The van der Waals surface area contributed by atoms with E-state index in [0.717, 1.165) is 45.1 Å². The molecule has 0 aromatic heterocycles. The Labute approximate surface area is 142 Å². The van der Waals surface area contributed by atoms with Crippen LogP contribution < -0.4 is 4.74 Å². The van der Waals surface area contributed by atoms with Crippen molar-refractivity contribution in [2.24, 2.45) is 5.92 Å². The number of rotatable bonds is 4. The maximum Gasteiger partial charge on any atom is 0.227 e. The third-order valence-electron chi connectivity index (χ3n) is 5.48. The fourth-order valence-corrected chi connectivity index (χ4v) is 4.29. The van der Waals surface area contributed by atoms with E-state index in [2.05, 4.69) is 0 Å². The van der Waals surface area contributed by atoms with Gasteiger partial charge in [-0.05, 0) is 43.9 Å². The molecule has 24 heavy (non-hydrogen) atoms. The van der Waals surface area contributed by atoms with Crippen LogP contribution in [0.25, 0.3) is 0 Å². The zero-order valence-corrected chi connectivity index (χ0v) is 14.2. The largest absolute Gasteiger partial charge is 0.496 e. The summed E-state index contributed by atoms with van der Waals surface area (Å²) in [5, 5.41) is 10.3. The van der Waals surface area contributed by atoms with Crippen molar-refractivity contribution in [1.29, 1.82) is 0 Å². The van der Waals surface area contributed by atoms with E-state index in [1.54, 1.807) is 6.07 Å². The smallest absolute Gasteiger partial charge is 0.227 e. The van der Waals surface area contributed by atoms with Gasteiger partial charge < -0.3 is 14.7 Å². The molecule has 0 unspecified atom stereocenters. The van der Waals surface area contributed by atoms with Crippen LogP contribution in [0.2, 0.25) is 0 Å². The van der Waals surface area contributed by atoms with E-state index < -0.39 is 0 Å². The molecule has 0 bridgehead atoms. The SMILES string of the molecule is COc1ccc(F)cc1CC(=O)N1CCC[C@@H]1[C@@H]1CCCC[C@H]1O. The first-order valence-corrected chi connectivity index (χ1v) is 8.90. The molecule has 1 saturated carbocycles. The average Bonchev–Trinajstić information content (AvgIpc) is 3.05. The molecule has 1 aliphatic heterocycles. The van der Waals surface area contributed by atoms with Gasteiger partial charge in [-0.1, -0.05) is 12.8 Å². The quantitative estimate of drug-likeness (QED) is 0.920. The van der Waals surface area contributed by atoms with Gasteiger partial charge in [-0.2, -0.15) is 0 Å². The Balaban J connectivity index is 1.73. The Morgan fingerprint density at radius 1 is 1.29 bits per heavy atom. The maximum absolute atomic E-state index is 13.5. The summed E-state index contributed by atoms with van der Waals surface area (Å²) in [7, 11) is 1.53. The summed E-state index contributed by atoms with van der Waals surface area (Å²) >= 11 is 0. The summed E-state index contributed by atoms with van der Waals surface area (Å²) in [6, 6.07) is 4.39. The Morgan fingerprint density at radius 2 is 2.08 bits per heavy atom. The highest BCUT2D eigenvalue weighted by Gasteiger charge is 2.38. The number of likely N-dealkylation sites (tertiary alicyclic amines) is 1. The van der Waals surface area contributed by atoms with Crippen molar-refractivity contribution in [1.82, 2.24) is 4.90 Å². The molecular formula is C19H26FNO3. The molecule has 5 heteroatoms. The fourth-order valence-electron chi connectivity index (χ4n) is 4.29. The van der Waals surface area contributed by atoms with Crippen LogP contribution in [0.5, 0.6) is 5.75 Å². The van der Waals surface area contributed by atoms with Gasteiger partial charge in [0.2, 0.25) is 5.91 Å². The molecule has 0 spiro atoms. The second-order valence-electron chi connectivity index (χ2n) is 6.95. The number of halogens is 1. The predicted octanol–water partition coefficient (Wildman–Crippen LogP) is 2.92. The van der Waals surface area contributed by atoms with Crippen LogP contribution in [0.4, 0.5) is 4.39 Å². The van der Waals surface area contributed by atoms with Crippen LogP contribution in [-0.2, 0) is 11.2 Å². The minimum absolute atomic E-state index is 0.000765. The number of aliphatic hydroxyl groups excluding tert-OH is 1. The number of aliphatic hydroxyl groups is 1. The zero-order chi connectivity index (χ0) is 17.1. The molecule has 4 nitrogen and oxygen atoms in total. The number of hydrogen-bond donors (Lipinski definition) is 1. The van der Waals surface area contributed by atoms with Crippen molar-refractivity contribution >= 4 is 5.91 Å². The lowest BCUT2D eigenvalue weighted by atomic mass is 9.80. The molecule has 1 aliphatic carbocycles. The van der Waals surface area contributed by atoms with Crippen LogP contribution in [0.1, 0.15) is 44.1 Å². The highest BCUT2D eigenvalue weighted by atomic mass is 19.1. The van der Waals surface area contributed by atoms with E-state index >= 15 is 0 Å². The Kier molecular flexibility index (Phi) is 5.39. The van der Waals surface area contributed by atoms with Gasteiger partial charge in [0, 0.05) is 24.1 Å². The van der Waals surface area contributed by atoms with Gasteiger partial charge >= 0.3 is 0 Å². The standard InChI is InChI=1S/C19H26FNO3/c1-24-18-9-8-14(20)11-13(18)12-19(23)21-10-4-6-16(21)15-5-2-3-7-17(15)22/h8-9,11,15-17,22H,2-7,10,12H2,1H3/t15-,16+,17+/m0/s1. The van der Waals surface area contributed by atoms with E-state index in [4.69, 9.17) is 4.74 Å². The van der Waals surface area contributed by atoms with E-state index in [9.17, 15) is 14.3 Å². The molecule has 1 N–H and O–H groups in total. The van der Waals surface area contributed by atoms with Crippen LogP contribution >= 0.6 is 0 Å². The van der Waals surface area contributed by atoms with Crippen molar-refractivity contribution in [3.05, 3.63) is 29.6 Å². The molecule has 1 amide bonds. The number of hydrogen-bond acceptors (Lipinski definition) is 3. The summed E-state index contributed by atoms with van der Waals surface area (Å²) in [6.45, 7) is 0.727. The van der Waals surface area contributed by atoms with Gasteiger partial charge in [0.05, 0.1) is 19.6 Å². The highest BCUT2D eigenvalue weighted by Crippen LogP contribution is 2.35. The van der Waals surface area contributed by atoms with Gasteiger partial charge in [0.15, 0.2) is 0 Å². The van der Waals surface area contributed by atoms with Crippen LogP contribution in [0.3, 0.4) is 0 Å². The zero-order valence-electron chi connectivity index (χ0n) is 14.2. The van der Waals surface area contributed by atoms with Crippen molar-refractivity contribution in [2.75, 3.05) is 13.7 Å². The van der Waals surface area contributed by atoms with Crippen LogP contribution in [0, 0.1) is 11.7 Å². The van der Waals surface area contributed by atoms with Crippen molar-refractivity contribution in [3.63, 3.8) is 0 Å². The second kappa shape index (κ2) is 7.51. The molecule has 1 heterocycles. The molecule has 2 aliphatic rings. The first-order valence-electron chi connectivity index (χ1n) is 8.90. The van der Waals surface area contributed by atoms with Gasteiger partial charge in [-0.15, -0.1) is 0 Å². The first kappa shape index (κ1) is 17.2. The normalized spacial score (nSPS) is 27.3. The van der Waals surface area contributed by atoms with Crippen molar-refractivity contribution < 1.29 is 19.0 Å². The molecule has 1 aromatic rings.